The van der Waals surface area contributed by atoms with Gasteiger partial charge in [0.25, 0.3) is 0 Å². The summed E-state index contributed by atoms with van der Waals surface area (Å²) in [6.45, 7) is 6.07. The van der Waals surface area contributed by atoms with Gasteiger partial charge in [-0.1, -0.05) is 29.3 Å². The molecule has 0 saturated carbocycles. The van der Waals surface area contributed by atoms with Gasteiger partial charge in [-0.15, -0.1) is 0 Å². The number of halogens is 1. The molecule has 156 valence electrons. The van der Waals surface area contributed by atoms with Crippen molar-refractivity contribution in [2.45, 2.75) is 27.3 Å². The Balaban J connectivity index is 1.46. The third-order valence-electron chi connectivity index (χ3n) is 4.53. The normalized spacial score (nSPS) is 10.5. The van der Waals surface area contributed by atoms with Crippen LogP contribution in [-0.2, 0) is 11.3 Å². The Bertz CT molecular complexity index is 1040. The summed E-state index contributed by atoms with van der Waals surface area (Å²) in [5.74, 6) is -0.282. The fourth-order valence-corrected chi connectivity index (χ4v) is 3.28. The van der Waals surface area contributed by atoms with Crippen LogP contribution in [-0.4, -0.2) is 28.3 Å². The van der Waals surface area contributed by atoms with Gasteiger partial charge in [-0.2, -0.15) is 5.10 Å². The summed E-state index contributed by atoms with van der Waals surface area (Å²) in [6, 6.07) is 10.9. The molecule has 3 amide bonds. The van der Waals surface area contributed by atoms with Gasteiger partial charge < -0.3 is 16.0 Å². The number of aromatic nitrogens is 2. The highest BCUT2D eigenvalue weighted by Crippen LogP contribution is 2.21. The topological polar surface area (TPSA) is 88.1 Å². The Morgan fingerprint density at radius 2 is 1.70 bits per heavy atom. The molecule has 0 spiro atoms. The van der Waals surface area contributed by atoms with Crippen LogP contribution >= 0.6 is 11.6 Å². The van der Waals surface area contributed by atoms with Crippen LogP contribution in [0.3, 0.4) is 0 Å². The van der Waals surface area contributed by atoms with Gasteiger partial charge in [-0.25, -0.2) is 9.48 Å². The molecule has 3 N–H and O–H groups in total. The fraction of sp³-hybridized carbons (Fsp3) is 0.227. The zero-order chi connectivity index (χ0) is 21.7. The van der Waals surface area contributed by atoms with E-state index in [2.05, 4.69) is 21.0 Å². The minimum absolute atomic E-state index is 0.122. The molecule has 3 rings (SSSR count). The molecule has 0 radical (unpaired) electrons. The molecule has 0 unspecified atom stereocenters. The zero-order valence-corrected chi connectivity index (χ0v) is 17.9. The standard InChI is InChI=1S/C22H24ClN5O2/c1-14-8-15(2)21(16(3)9-14)27-20(29)12-25-22(30)24-10-17-11-26-28(13-17)19-6-4-18(23)5-7-19/h4-9,11,13H,10,12H2,1-3H3,(H,27,29)(H2,24,25,30). The monoisotopic (exact) mass is 425 g/mol. The van der Waals surface area contributed by atoms with E-state index >= 15 is 0 Å². The maximum absolute atomic E-state index is 12.2. The Morgan fingerprint density at radius 1 is 1.03 bits per heavy atom. The molecular formula is C22H24ClN5O2. The van der Waals surface area contributed by atoms with Crippen molar-refractivity contribution >= 4 is 29.2 Å². The van der Waals surface area contributed by atoms with E-state index in [1.165, 1.54) is 0 Å². The summed E-state index contributed by atoms with van der Waals surface area (Å²) < 4.78 is 1.70. The largest absolute Gasteiger partial charge is 0.334 e. The van der Waals surface area contributed by atoms with Crippen molar-refractivity contribution in [3.05, 3.63) is 76.1 Å². The molecule has 0 atom stereocenters. The number of amides is 3. The first-order chi connectivity index (χ1) is 14.3. The molecular weight excluding hydrogens is 402 g/mol. The first-order valence-corrected chi connectivity index (χ1v) is 9.88. The quantitative estimate of drug-likeness (QED) is 0.559. The predicted molar refractivity (Wildman–Crippen MR) is 118 cm³/mol. The maximum Gasteiger partial charge on any atom is 0.315 e. The number of benzene rings is 2. The van der Waals surface area contributed by atoms with Crippen LogP contribution in [0.4, 0.5) is 10.5 Å². The third kappa shape index (κ3) is 5.61. The number of hydrogen-bond donors (Lipinski definition) is 3. The number of aryl methyl sites for hydroxylation is 3. The molecule has 1 heterocycles. The molecule has 1 aromatic heterocycles. The Morgan fingerprint density at radius 3 is 2.37 bits per heavy atom. The van der Waals surface area contributed by atoms with Gasteiger partial charge in [0, 0.05) is 29.0 Å². The molecule has 0 fully saturated rings. The van der Waals surface area contributed by atoms with Crippen LogP contribution in [0.15, 0.2) is 48.8 Å². The smallest absolute Gasteiger partial charge is 0.315 e. The SMILES string of the molecule is Cc1cc(C)c(NC(=O)CNC(=O)NCc2cnn(-c3ccc(Cl)cc3)c2)c(C)c1. The van der Waals surface area contributed by atoms with E-state index in [4.69, 9.17) is 11.6 Å². The summed E-state index contributed by atoms with van der Waals surface area (Å²) in [6.07, 6.45) is 3.49. The van der Waals surface area contributed by atoms with Gasteiger partial charge in [0.1, 0.15) is 0 Å². The molecule has 8 heteroatoms. The number of anilines is 1. The van der Waals surface area contributed by atoms with Crippen LogP contribution in [0, 0.1) is 20.8 Å². The van der Waals surface area contributed by atoms with E-state index in [1.54, 1.807) is 23.0 Å². The average molecular weight is 426 g/mol. The second-order valence-corrected chi connectivity index (χ2v) is 7.56. The number of rotatable bonds is 6. The van der Waals surface area contributed by atoms with Crippen molar-refractivity contribution in [2.75, 3.05) is 11.9 Å². The molecule has 0 aliphatic carbocycles. The van der Waals surface area contributed by atoms with E-state index in [1.807, 2.05) is 51.2 Å². The van der Waals surface area contributed by atoms with Gasteiger partial charge in [0.05, 0.1) is 18.4 Å². The highest BCUT2D eigenvalue weighted by atomic mass is 35.5. The summed E-state index contributed by atoms with van der Waals surface area (Å²) in [4.78, 5) is 24.2. The molecule has 2 aromatic carbocycles. The minimum Gasteiger partial charge on any atom is -0.334 e. The predicted octanol–water partition coefficient (Wildman–Crippen LogP) is 3.89. The van der Waals surface area contributed by atoms with Crippen LogP contribution in [0.25, 0.3) is 5.69 Å². The molecule has 3 aromatic rings. The van der Waals surface area contributed by atoms with Crippen molar-refractivity contribution in [2.24, 2.45) is 0 Å². The van der Waals surface area contributed by atoms with E-state index in [0.717, 1.165) is 33.6 Å². The van der Waals surface area contributed by atoms with E-state index in [0.29, 0.717) is 5.02 Å². The number of urea groups is 1. The molecule has 0 aliphatic rings. The second kappa shape index (κ2) is 9.45. The van der Waals surface area contributed by atoms with Gasteiger partial charge in [-0.05, 0) is 56.2 Å². The lowest BCUT2D eigenvalue weighted by atomic mass is 10.1. The number of carbonyl (C=O) groups is 2. The summed E-state index contributed by atoms with van der Waals surface area (Å²) >= 11 is 5.90. The van der Waals surface area contributed by atoms with E-state index in [-0.39, 0.29) is 19.0 Å². The lowest BCUT2D eigenvalue weighted by molar-refractivity contribution is -0.115. The van der Waals surface area contributed by atoms with Crippen molar-refractivity contribution in [1.29, 1.82) is 0 Å². The molecule has 0 saturated heterocycles. The van der Waals surface area contributed by atoms with Crippen molar-refractivity contribution in [3.63, 3.8) is 0 Å². The summed E-state index contributed by atoms with van der Waals surface area (Å²) in [5.41, 5.74) is 5.59. The Kier molecular flexibility index (Phi) is 6.74. The van der Waals surface area contributed by atoms with Crippen LogP contribution < -0.4 is 16.0 Å². The van der Waals surface area contributed by atoms with Gasteiger partial charge in [-0.3, -0.25) is 4.79 Å². The lowest BCUT2D eigenvalue weighted by Crippen LogP contribution is -2.39. The molecule has 0 bridgehead atoms. The van der Waals surface area contributed by atoms with Gasteiger partial charge in [0.15, 0.2) is 0 Å². The van der Waals surface area contributed by atoms with Crippen molar-refractivity contribution < 1.29 is 9.59 Å². The zero-order valence-electron chi connectivity index (χ0n) is 17.1. The first kappa shape index (κ1) is 21.4. The lowest BCUT2D eigenvalue weighted by Gasteiger charge is -2.13. The van der Waals surface area contributed by atoms with Crippen LogP contribution in [0.2, 0.25) is 5.02 Å². The van der Waals surface area contributed by atoms with E-state index < -0.39 is 6.03 Å². The average Bonchev–Trinajstić information content (AvgIpc) is 3.17. The third-order valence-corrected chi connectivity index (χ3v) is 4.78. The summed E-state index contributed by atoms with van der Waals surface area (Å²) in [7, 11) is 0. The second-order valence-electron chi connectivity index (χ2n) is 7.13. The van der Waals surface area contributed by atoms with Crippen LogP contribution in [0.1, 0.15) is 22.3 Å². The number of hydrogen-bond acceptors (Lipinski definition) is 3. The Labute approximate surface area is 180 Å². The maximum atomic E-state index is 12.2. The summed E-state index contributed by atoms with van der Waals surface area (Å²) in [5, 5.41) is 13.1. The van der Waals surface area contributed by atoms with Crippen LogP contribution in [0.5, 0.6) is 0 Å². The van der Waals surface area contributed by atoms with Gasteiger partial charge in [0.2, 0.25) is 5.91 Å². The minimum atomic E-state index is -0.429. The first-order valence-electron chi connectivity index (χ1n) is 9.50. The van der Waals surface area contributed by atoms with E-state index in [9.17, 15) is 9.59 Å². The number of nitrogens with one attached hydrogen (secondary N) is 3. The van der Waals surface area contributed by atoms with Crippen molar-refractivity contribution in [1.82, 2.24) is 20.4 Å². The number of carbonyl (C=O) groups excluding carboxylic acids is 2. The molecule has 0 aliphatic heterocycles. The number of nitrogens with zero attached hydrogens (tertiary/aromatic N) is 2. The van der Waals surface area contributed by atoms with Crippen molar-refractivity contribution in [3.8, 4) is 5.69 Å². The Hall–Kier alpha value is -3.32. The highest BCUT2D eigenvalue weighted by Gasteiger charge is 2.10. The molecule has 7 nitrogen and oxygen atoms in total. The highest BCUT2D eigenvalue weighted by molar-refractivity contribution is 6.30. The molecule has 30 heavy (non-hydrogen) atoms. The fourth-order valence-electron chi connectivity index (χ4n) is 3.15. The van der Waals surface area contributed by atoms with Gasteiger partial charge >= 0.3 is 6.03 Å².